The monoisotopic (exact) mass is 337 g/mol. The van der Waals surface area contributed by atoms with Gasteiger partial charge in [0, 0.05) is 44.2 Å². The summed E-state index contributed by atoms with van der Waals surface area (Å²) >= 11 is 0. The number of allylic oxidation sites excluding steroid dienone is 3. The number of rotatable bonds is 2. The zero-order valence-electron chi connectivity index (χ0n) is 15.1. The number of nitrogens with two attached hydrogens (primary N) is 1. The molecule has 0 bridgehead atoms. The van der Waals surface area contributed by atoms with E-state index < -0.39 is 5.92 Å². The molecule has 0 fully saturated rings. The van der Waals surface area contributed by atoms with E-state index in [-0.39, 0.29) is 11.2 Å². The molecule has 0 saturated heterocycles. The summed E-state index contributed by atoms with van der Waals surface area (Å²) in [5, 5.41) is 13.4. The minimum atomic E-state index is -0.450. The molecule has 2 N–H and O–H groups in total. The summed E-state index contributed by atoms with van der Waals surface area (Å²) < 4.78 is 0. The molecule has 2 aliphatic rings. The highest BCUT2D eigenvalue weighted by Crippen LogP contribution is 2.48. The van der Waals surface area contributed by atoms with Gasteiger partial charge >= 0.3 is 0 Å². The SMILES string of the molecule is CN(C)N1C(N)=C(C#N)[C@@H](c2cccnc2)C2=C1CC(C)(C)CC2=O. The highest BCUT2D eigenvalue weighted by molar-refractivity contribution is 6.00. The van der Waals surface area contributed by atoms with E-state index in [1.807, 2.05) is 31.2 Å². The molecule has 2 heterocycles. The van der Waals surface area contributed by atoms with E-state index in [0.717, 1.165) is 17.7 Å². The molecule has 1 aromatic heterocycles. The quantitative estimate of drug-likeness (QED) is 0.891. The number of Topliss-reactive ketones (excluding diaryl/α,β-unsaturated/α-hetero) is 1. The molecule has 0 amide bonds. The average molecular weight is 337 g/mol. The lowest BCUT2D eigenvalue weighted by atomic mass is 9.69. The van der Waals surface area contributed by atoms with Gasteiger partial charge in [0.1, 0.15) is 5.82 Å². The van der Waals surface area contributed by atoms with E-state index in [2.05, 4.69) is 24.9 Å². The Bertz CT molecular complexity index is 814. The third-order valence-corrected chi connectivity index (χ3v) is 4.77. The molecule has 0 unspecified atom stereocenters. The number of hydrogen-bond acceptors (Lipinski definition) is 6. The van der Waals surface area contributed by atoms with Crippen LogP contribution in [0.5, 0.6) is 0 Å². The normalized spacial score (nSPS) is 23.0. The van der Waals surface area contributed by atoms with Crippen LogP contribution in [0.4, 0.5) is 0 Å². The average Bonchev–Trinajstić information content (AvgIpc) is 2.53. The fraction of sp³-hybridized carbons (Fsp3) is 0.421. The van der Waals surface area contributed by atoms with E-state index in [9.17, 15) is 10.1 Å². The van der Waals surface area contributed by atoms with Crippen molar-refractivity contribution in [1.29, 1.82) is 5.26 Å². The fourth-order valence-corrected chi connectivity index (χ4v) is 3.83. The predicted octanol–water partition coefficient (Wildman–Crippen LogP) is 2.29. The Hall–Kier alpha value is -2.65. The smallest absolute Gasteiger partial charge is 0.162 e. The number of hydrazine groups is 1. The predicted molar refractivity (Wildman–Crippen MR) is 94.4 cm³/mol. The minimum absolute atomic E-state index is 0.0761. The van der Waals surface area contributed by atoms with Crippen LogP contribution in [0.1, 0.15) is 38.2 Å². The summed E-state index contributed by atoms with van der Waals surface area (Å²) in [5.41, 5.74) is 9.01. The van der Waals surface area contributed by atoms with E-state index in [1.165, 1.54) is 0 Å². The number of aromatic nitrogens is 1. The van der Waals surface area contributed by atoms with Gasteiger partial charge in [0.05, 0.1) is 17.6 Å². The van der Waals surface area contributed by atoms with Gasteiger partial charge < -0.3 is 5.73 Å². The van der Waals surface area contributed by atoms with Crippen LogP contribution in [0.15, 0.2) is 47.2 Å². The third-order valence-electron chi connectivity index (χ3n) is 4.77. The van der Waals surface area contributed by atoms with Crippen molar-refractivity contribution in [2.45, 2.75) is 32.6 Å². The van der Waals surface area contributed by atoms with E-state index in [0.29, 0.717) is 23.4 Å². The largest absolute Gasteiger partial charge is 0.383 e. The first-order valence-electron chi connectivity index (χ1n) is 8.30. The number of nitriles is 1. The standard InChI is InChI=1S/C19H23N5O/c1-19(2)8-14-17(15(25)9-19)16(12-6-5-7-22-11-12)13(10-20)18(21)24(14)23(3)4/h5-7,11,16H,8-9,21H2,1-4H3/t16-/m1/s1. The molecule has 0 aromatic carbocycles. The molecule has 25 heavy (non-hydrogen) atoms. The first-order chi connectivity index (χ1) is 11.8. The van der Waals surface area contributed by atoms with Crippen LogP contribution in [0.25, 0.3) is 0 Å². The summed E-state index contributed by atoms with van der Waals surface area (Å²) in [7, 11) is 3.73. The summed E-state index contributed by atoms with van der Waals surface area (Å²) in [6.07, 6.45) is 4.57. The van der Waals surface area contributed by atoms with Gasteiger partial charge in [-0.2, -0.15) is 5.26 Å². The molecular weight excluding hydrogens is 314 g/mol. The number of ketones is 1. The zero-order chi connectivity index (χ0) is 18.4. The van der Waals surface area contributed by atoms with Crippen LogP contribution in [-0.4, -0.2) is 34.9 Å². The van der Waals surface area contributed by atoms with Crippen LogP contribution in [0.3, 0.4) is 0 Å². The second kappa shape index (κ2) is 6.01. The Morgan fingerprint density at radius 2 is 2.12 bits per heavy atom. The summed E-state index contributed by atoms with van der Waals surface area (Å²) in [6.45, 7) is 4.17. The topological polar surface area (TPSA) is 86.2 Å². The van der Waals surface area contributed by atoms with Crippen molar-refractivity contribution in [2.24, 2.45) is 11.1 Å². The fourth-order valence-electron chi connectivity index (χ4n) is 3.83. The van der Waals surface area contributed by atoms with Crippen LogP contribution >= 0.6 is 0 Å². The molecule has 0 spiro atoms. The Kier molecular flexibility index (Phi) is 4.13. The second-order valence-electron chi connectivity index (χ2n) is 7.59. The summed E-state index contributed by atoms with van der Waals surface area (Å²) in [5.74, 6) is 0.00584. The molecule has 1 aliphatic carbocycles. The van der Waals surface area contributed by atoms with Crippen molar-refractivity contribution in [1.82, 2.24) is 15.0 Å². The highest BCUT2D eigenvalue weighted by Gasteiger charge is 2.44. The van der Waals surface area contributed by atoms with Gasteiger partial charge in [-0.3, -0.25) is 14.8 Å². The minimum Gasteiger partial charge on any atom is -0.383 e. The van der Waals surface area contributed by atoms with Gasteiger partial charge in [-0.05, 0) is 23.5 Å². The summed E-state index contributed by atoms with van der Waals surface area (Å²) in [6, 6.07) is 5.94. The lowest BCUT2D eigenvalue weighted by molar-refractivity contribution is -0.119. The first kappa shape index (κ1) is 17.2. The summed E-state index contributed by atoms with van der Waals surface area (Å²) in [4.78, 5) is 17.2. The van der Waals surface area contributed by atoms with Gasteiger partial charge in [0.25, 0.3) is 0 Å². The van der Waals surface area contributed by atoms with Gasteiger partial charge in [0.15, 0.2) is 5.78 Å². The molecule has 0 saturated carbocycles. The third kappa shape index (κ3) is 2.81. The molecule has 3 rings (SSSR count). The van der Waals surface area contributed by atoms with Gasteiger partial charge in [0.2, 0.25) is 0 Å². The van der Waals surface area contributed by atoms with Crippen molar-refractivity contribution < 1.29 is 4.79 Å². The Morgan fingerprint density at radius 1 is 1.40 bits per heavy atom. The van der Waals surface area contributed by atoms with E-state index in [1.54, 1.807) is 17.4 Å². The van der Waals surface area contributed by atoms with Crippen molar-refractivity contribution >= 4 is 5.78 Å². The van der Waals surface area contributed by atoms with E-state index in [4.69, 9.17) is 5.73 Å². The molecular formula is C19H23N5O. The first-order valence-corrected chi connectivity index (χ1v) is 8.30. The molecule has 130 valence electrons. The number of hydrogen-bond donors (Lipinski definition) is 1. The van der Waals surface area contributed by atoms with Gasteiger partial charge in [-0.25, -0.2) is 5.01 Å². The number of carbonyl (C=O) groups excluding carboxylic acids is 1. The number of nitrogens with zero attached hydrogens (tertiary/aromatic N) is 4. The van der Waals surface area contributed by atoms with E-state index >= 15 is 0 Å². The number of carbonyl (C=O) groups is 1. The van der Waals surface area contributed by atoms with Crippen molar-refractivity contribution in [2.75, 3.05) is 14.1 Å². The van der Waals surface area contributed by atoms with Gasteiger partial charge in [-0.15, -0.1) is 0 Å². The lowest BCUT2D eigenvalue weighted by Gasteiger charge is -2.45. The maximum absolute atomic E-state index is 13.1. The molecule has 0 radical (unpaired) electrons. The molecule has 1 aromatic rings. The van der Waals surface area contributed by atoms with Crippen LogP contribution in [0.2, 0.25) is 0 Å². The van der Waals surface area contributed by atoms with Crippen molar-refractivity contribution in [3.8, 4) is 6.07 Å². The van der Waals surface area contributed by atoms with Crippen molar-refractivity contribution in [3.63, 3.8) is 0 Å². The molecule has 6 heteroatoms. The van der Waals surface area contributed by atoms with Crippen LogP contribution < -0.4 is 5.73 Å². The second-order valence-corrected chi connectivity index (χ2v) is 7.59. The number of pyridine rings is 1. The van der Waals surface area contributed by atoms with Crippen LogP contribution in [-0.2, 0) is 4.79 Å². The maximum atomic E-state index is 13.1. The van der Waals surface area contributed by atoms with Crippen LogP contribution in [0, 0.1) is 16.7 Å². The lowest BCUT2D eigenvalue weighted by Crippen LogP contribution is -2.47. The Labute approximate surface area is 148 Å². The van der Waals surface area contributed by atoms with Crippen molar-refractivity contribution in [3.05, 3.63) is 52.8 Å². The maximum Gasteiger partial charge on any atom is 0.162 e. The molecule has 6 nitrogen and oxygen atoms in total. The highest BCUT2D eigenvalue weighted by atomic mass is 16.1. The Morgan fingerprint density at radius 3 is 2.68 bits per heavy atom. The zero-order valence-corrected chi connectivity index (χ0v) is 15.1. The molecule has 1 aliphatic heterocycles. The Balaban J connectivity index is 2.28. The molecule has 1 atom stereocenters. The van der Waals surface area contributed by atoms with Gasteiger partial charge in [-0.1, -0.05) is 19.9 Å².